The zero-order valence-electron chi connectivity index (χ0n) is 13.2. The lowest BCUT2D eigenvalue weighted by Gasteiger charge is -2.24. The lowest BCUT2D eigenvalue weighted by Crippen LogP contribution is -2.23. The third kappa shape index (κ3) is 5.13. The molecule has 0 aromatic heterocycles. The smallest absolute Gasteiger partial charge is 0.143 e. The molecule has 0 atom stereocenters. The van der Waals surface area contributed by atoms with Gasteiger partial charge in [0.05, 0.1) is 24.4 Å². The van der Waals surface area contributed by atoms with Gasteiger partial charge in [-0.25, -0.2) is 0 Å². The highest BCUT2D eigenvalue weighted by Gasteiger charge is 2.15. The molecule has 110 valence electrons. The van der Waals surface area contributed by atoms with E-state index in [0.29, 0.717) is 23.4 Å². The Bertz CT molecular complexity index is 451. The van der Waals surface area contributed by atoms with E-state index in [-0.39, 0.29) is 0 Å². The molecule has 0 aliphatic heterocycles. The molecule has 0 heterocycles. The number of hydrogen-bond donors (Lipinski definition) is 1. The number of nitrogens with zero attached hydrogens (tertiary/aromatic N) is 1. The minimum absolute atomic E-state index is 0.428. The topological polar surface area (TPSA) is 45.0 Å². The van der Waals surface area contributed by atoms with E-state index in [1.165, 1.54) is 0 Å². The third-order valence-corrected chi connectivity index (χ3v) is 3.20. The molecule has 0 bridgehead atoms. The van der Waals surface area contributed by atoms with Crippen molar-refractivity contribution in [3.05, 3.63) is 23.8 Å². The SMILES string of the molecule is COc1cc(C#N)ccc1NC(CC(C)C)CC(C)C. The van der Waals surface area contributed by atoms with Crippen molar-refractivity contribution < 1.29 is 4.74 Å². The van der Waals surface area contributed by atoms with Crippen LogP contribution in [0.2, 0.25) is 0 Å². The van der Waals surface area contributed by atoms with Crippen LogP contribution < -0.4 is 10.1 Å². The van der Waals surface area contributed by atoms with Crippen LogP contribution in [0, 0.1) is 23.2 Å². The van der Waals surface area contributed by atoms with Gasteiger partial charge >= 0.3 is 0 Å². The molecular formula is C17H26N2O. The standard InChI is InChI=1S/C17H26N2O/c1-12(2)8-15(9-13(3)4)19-16-7-6-14(11-18)10-17(16)20-5/h6-7,10,12-13,15,19H,8-9H2,1-5H3. The second kappa shape index (κ2) is 7.79. The molecule has 3 heteroatoms. The molecule has 1 aromatic rings. The summed E-state index contributed by atoms with van der Waals surface area (Å²) >= 11 is 0. The Balaban J connectivity index is 2.89. The summed E-state index contributed by atoms with van der Waals surface area (Å²) in [5.41, 5.74) is 1.59. The minimum atomic E-state index is 0.428. The van der Waals surface area contributed by atoms with Gasteiger partial charge in [0.25, 0.3) is 0 Å². The zero-order valence-corrected chi connectivity index (χ0v) is 13.2. The van der Waals surface area contributed by atoms with Crippen LogP contribution in [-0.2, 0) is 0 Å². The molecule has 0 amide bonds. The van der Waals surface area contributed by atoms with Crippen molar-refractivity contribution in [2.45, 2.75) is 46.6 Å². The number of hydrogen-bond acceptors (Lipinski definition) is 3. The van der Waals surface area contributed by atoms with E-state index in [4.69, 9.17) is 10.00 Å². The number of nitrogens with one attached hydrogen (secondary N) is 1. The fourth-order valence-electron chi connectivity index (χ4n) is 2.45. The Kier molecular flexibility index (Phi) is 6.38. The summed E-state index contributed by atoms with van der Waals surface area (Å²) in [4.78, 5) is 0. The number of methoxy groups -OCH3 is 1. The van der Waals surface area contributed by atoms with Gasteiger partial charge in [-0.1, -0.05) is 27.7 Å². The lowest BCUT2D eigenvalue weighted by atomic mass is 9.95. The van der Waals surface area contributed by atoms with Gasteiger partial charge in [0.15, 0.2) is 0 Å². The zero-order chi connectivity index (χ0) is 15.1. The molecule has 0 unspecified atom stereocenters. The molecule has 0 saturated carbocycles. The van der Waals surface area contributed by atoms with E-state index in [1.54, 1.807) is 13.2 Å². The average Bonchev–Trinajstić information content (AvgIpc) is 2.37. The van der Waals surface area contributed by atoms with Gasteiger partial charge in [-0.15, -0.1) is 0 Å². The van der Waals surface area contributed by atoms with Crippen molar-refractivity contribution in [1.29, 1.82) is 5.26 Å². The van der Waals surface area contributed by atoms with Gasteiger partial charge in [0.1, 0.15) is 5.75 Å². The van der Waals surface area contributed by atoms with Crippen LogP contribution in [0.25, 0.3) is 0 Å². The average molecular weight is 274 g/mol. The van der Waals surface area contributed by atoms with Gasteiger partial charge in [-0.3, -0.25) is 0 Å². The summed E-state index contributed by atoms with van der Waals surface area (Å²) in [6, 6.07) is 8.11. The molecule has 1 N–H and O–H groups in total. The highest BCUT2D eigenvalue weighted by molar-refractivity contribution is 5.59. The lowest BCUT2D eigenvalue weighted by molar-refractivity contribution is 0.411. The Morgan fingerprint density at radius 1 is 1.15 bits per heavy atom. The normalized spacial score (nSPS) is 10.9. The summed E-state index contributed by atoms with van der Waals surface area (Å²) in [6.45, 7) is 8.96. The first-order valence-electron chi connectivity index (χ1n) is 7.31. The quantitative estimate of drug-likeness (QED) is 0.799. The summed E-state index contributed by atoms with van der Waals surface area (Å²) in [5, 5.41) is 12.5. The molecule has 0 saturated heterocycles. The van der Waals surface area contributed by atoms with Crippen molar-refractivity contribution in [1.82, 2.24) is 0 Å². The maximum Gasteiger partial charge on any atom is 0.143 e. The Labute approximate surface area is 123 Å². The van der Waals surface area contributed by atoms with Gasteiger partial charge in [0, 0.05) is 12.1 Å². The van der Waals surface area contributed by atoms with Crippen LogP contribution in [0.5, 0.6) is 5.75 Å². The van der Waals surface area contributed by atoms with E-state index in [2.05, 4.69) is 39.1 Å². The number of anilines is 1. The predicted molar refractivity (Wildman–Crippen MR) is 84.0 cm³/mol. The second-order valence-corrected chi connectivity index (χ2v) is 6.13. The first-order chi connectivity index (χ1) is 9.46. The first kappa shape index (κ1) is 16.4. The van der Waals surface area contributed by atoms with Crippen molar-refractivity contribution in [2.24, 2.45) is 11.8 Å². The van der Waals surface area contributed by atoms with Crippen LogP contribution in [0.1, 0.15) is 46.1 Å². The molecular weight excluding hydrogens is 248 g/mol. The maximum atomic E-state index is 8.94. The maximum absolute atomic E-state index is 8.94. The van der Waals surface area contributed by atoms with Crippen LogP contribution in [-0.4, -0.2) is 13.2 Å². The van der Waals surface area contributed by atoms with E-state index >= 15 is 0 Å². The summed E-state index contributed by atoms with van der Waals surface area (Å²) in [7, 11) is 1.64. The fraction of sp³-hybridized carbons (Fsp3) is 0.588. The minimum Gasteiger partial charge on any atom is -0.495 e. The number of rotatable bonds is 7. The number of ether oxygens (including phenoxy) is 1. The molecule has 1 rings (SSSR count). The monoisotopic (exact) mass is 274 g/mol. The highest BCUT2D eigenvalue weighted by atomic mass is 16.5. The Hall–Kier alpha value is -1.69. The van der Waals surface area contributed by atoms with Crippen molar-refractivity contribution in [2.75, 3.05) is 12.4 Å². The predicted octanol–water partition coefficient (Wildman–Crippen LogP) is 4.44. The van der Waals surface area contributed by atoms with Crippen LogP contribution >= 0.6 is 0 Å². The second-order valence-electron chi connectivity index (χ2n) is 6.13. The molecule has 0 radical (unpaired) electrons. The largest absolute Gasteiger partial charge is 0.495 e. The summed E-state index contributed by atoms with van der Waals surface area (Å²) < 4.78 is 5.39. The van der Waals surface area contributed by atoms with E-state index < -0.39 is 0 Å². The van der Waals surface area contributed by atoms with Crippen LogP contribution in [0.4, 0.5) is 5.69 Å². The van der Waals surface area contributed by atoms with Gasteiger partial charge in [-0.05, 0) is 36.8 Å². The number of nitriles is 1. The first-order valence-corrected chi connectivity index (χ1v) is 7.31. The molecule has 0 aliphatic carbocycles. The molecule has 0 spiro atoms. The van der Waals surface area contributed by atoms with E-state index in [9.17, 15) is 0 Å². The van der Waals surface area contributed by atoms with E-state index in [0.717, 1.165) is 24.3 Å². The molecule has 0 fully saturated rings. The molecule has 3 nitrogen and oxygen atoms in total. The Morgan fingerprint density at radius 3 is 2.20 bits per heavy atom. The van der Waals surface area contributed by atoms with Crippen LogP contribution in [0.3, 0.4) is 0 Å². The fourth-order valence-corrected chi connectivity index (χ4v) is 2.45. The molecule has 0 aliphatic rings. The Morgan fingerprint density at radius 2 is 1.75 bits per heavy atom. The highest BCUT2D eigenvalue weighted by Crippen LogP contribution is 2.28. The molecule has 1 aromatic carbocycles. The van der Waals surface area contributed by atoms with Gasteiger partial charge < -0.3 is 10.1 Å². The number of benzene rings is 1. The summed E-state index contributed by atoms with van der Waals surface area (Å²) in [5.74, 6) is 2.04. The molecule has 20 heavy (non-hydrogen) atoms. The van der Waals surface area contributed by atoms with Gasteiger partial charge in [-0.2, -0.15) is 5.26 Å². The van der Waals surface area contributed by atoms with Crippen LogP contribution in [0.15, 0.2) is 18.2 Å². The van der Waals surface area contributed by atoms with Crippen molar-refractivity contribution >= 4 is 5.69 Å². The van der Waals surface area contributed by atoms with Crippen molar-refractivity contribution in [3.8, 4) is 11.8 Å². The third-order valence-electron chi connectivity index (χ3n) is 3.20. The van der Waals surface area contributed by atoms with Gasteiger partial charge in [0.2, 0.25) is 0 Å². The summed E-state index contributed by atoms with van der Waals surface area (Å²) in [6.07, 6.45) is 2.25. The van der Waals surface area contributed by atoms with Crippen molar-refractivity contribution in [3.63, 3.8) is 0 Å². The van der Waals surface area contributed by atoms with E-state index in [1.807, 2.05) is 12.1 Å².